The molecular formula is C11H20NO3PS. The summed E-state index contributed by atoms with van der Waals surface area (Å²) in [5, 5.41) is 3.38. The molecule has 2 heterocycles. The minimum absolute atomic E-state index is 0.113. The Morgan fingerprint density at radius 3 is 2.18 bits per heavy atom. The number of thioether (sulfide) groups is 1. The smallest absolute Gasteiger partial charge is 0.303 e. The number of hydrogen-bond donors (Lipinski definition) is 1. The Morgan fingerprint density at radius 2 is 1.76 bits per heavy atom. The molecule has 0 saturated carbocycles. The number of rotatable bonds is 1. The Morgan fingerprint density at radius 1 is 1.24 bits per heavy atom. The molecule has 0 bridgehead atoms. The molecule has 0 spiro atoms. The van der Waals surface area contributed by atoms with Crippen molar-refractivity contribution in [1.29, 1.82) is 0 Å². The van der Waals surface area contributed by atoms with Crippen LogP contribution in [0.25, 0.3) is 0 Å². The van der Waals surface area contributed by atoms with Gasteiger partial charge in [0.2, 0.25) is 0 Å². The lowest BCUT2D eigenvalue weighted by atomic mass is 10.2. The first kappa shape index (κ1) is 13.6. The Bertz CT molecular complexity index is 367. The third kappa shape index (κ3) is 2.79. The van der Waals surface area contributed by atoms with Gasteiger partial charge in [0.05, 0.1) is 18.1 Å². The van der Waals surface area contributed by atoms with E-state index in [1.54, 1.807) is 11.8 Å². The van der Waals surface area contributed by atoms with E-state index in [1.165, 1.54) is 0 Å². The summed E-state index contributed by atoms with van der Waals surface area (Å²) >= 11 is 1.77. The second-order valence-corrected chi connectivity index (χ2v) is 9.75. The fourth-order valence-electron chi connectivity index (χ4n) is 2.32. The van der Waals surface area contributed by atoms with Crippen LogP contribution in [0.2, 0.25) is 0 Å². The SMILES string of the molecule is CC1(C)N[C@H](P2(=O)OCC=CCO2)C(C)(C)S1. The molecular weight excluding hydrogens is 257 g/mol. The first-order valence-electron chi connectivity index (χ1n) is 5.77. The highest BCUT2D eigenvalue weighted by molar-refractivity contribution is 8.02. The van der Waals surface area contributed by atoms with E-state index in [0.717, 1.165) is 0 Å². The van der Waals surface area contributed by atoms with Gasteiger partial charge in [0.15, 0.2) is 0 Å². The van der Waals surface area contributed by atoms with Crippen molar-refractivity contribution in [3.8, 4) is 0 Å². The Labute approximate surface area is 107 Å². The van der Waals surface area contributed by atoms with Crippen LogP contribution in [-0.4, -0.2) is 28.6 Å². The zero-order valence-electron chi connectivity index (χ0n) is 10.7. The zero-order chi connectivity index (χ0) is 12.7. The Hall–Kier alpha value is 0.200. The van der Waals surface area contributed by atoms with Crippen molar-refractivity contribution in [2.45, 2.75) is 43.1 Å². The van der Waals surface area contributed by atoms with Crippen molar-refractivity contribution in [3.05, 3.63) is 12.2 Å². The molecule has 2 aliphatic rings. The van der Waals surface area contributed by atoms with Crippen LogP contribution in [0.15, 0.2) is 12.2 Å². The van der Waals surface area contributed by atoms with Gasteiger partial charge in [-0.05, 0) is 27.7 Å². The largest absolute Gasteiger partial charge is 0.349 e. The quantitative estimate of drug-likeness (QED) is 0.590. The molecule has 0 aliphatic carbocycles. The van der Waals surface area contributed by atoms with Gasteiger partial charge in [-0.2, -0.15) is 0 Å². The van der Waals surface area contributed by atoms with Gasteiger partial charge in [0.25, 0.3) is 0 Å². The summed E-state index contributed by atoms with van der Waals surface area (Å²) in [6.45, 7) is 9.04. The predicted molar refractivity (Wildman–Crippen MR) is 71.3 cm³/mol. The zero-order valence-corrected chi connectivity index (χ0v) is 12.4. The molecule has 1 atom stereocenters. The van der Waals surface area contributed by atoms with E-state index in [4.69, 9.17) is 9.05 Å². The van der Waals surface area contributed by atoms with E-state index in [2.05, 4.69) is 33.0 Å². The summed E-state index contributed by atoms with van der Waals surface area (Å²) in [4.78, 5) is -0.113. The average Bonchev–Trinajstić information content (AvgIpc) is 2.37. The number of nitrogens with one attached hydrogen (secondary N) is 1. The van der Waals surface area contributed by atoms with E-state index in [0.29, 0.717) is 13.2 Å². The normalized spacial score (nSPS) is 34.5. The van der Waals surface area contributed by atoms with Gasteiger partial charge in [-0.15, -0.1) is 11.8 Å². The van der Waals surface area contributed by atoms with Gasteiger partial charge in [0, 0.05) is 4.75 Å². The molecule has 2 rings (SSSR count). The molecule has 17 heavy (non-hydrogen) atoms. The minimum Gasteiger partial charge on any atom is -0.303 e. The van der Waals surface area contributed by atoms with Gasteiger partial charge < -0.3 is 9.05 Å². The third-order valence-corrected chi connectivity index (χ3v) is 6.83. The molecule has 0 amide bonds. The Kier molecular flexibility index (Phi) is 3.52. The van der Waals surface area contributed by atoms with E-state index in [9.17, 15) is 4.57 Å². The highest BCUT2D eigenvalue weighted by Gasteiger charge is 2.55. The van der Waals surface area contributed by atoms with Gasteiger partial charge in [-0.25, -0.2) is 0 Å². The van der Waals surface area contributed by atoms with Crippen molar-refractivity contribution in [1.82, 2.24) is 5.32 Å². The second kappa shape index (κ2) is 4.39. The summed E-state index contributed by atoms with van der Waals surface area (Å²) < 4.78 is 23.6. The molecule has 0 aromatic heterocycles. The summed E-state index contributed by atoms with van der Waals surface area (Å²) in [5.41, 5.74) is 0. The van der Waals surface area contributed by atoms with Crippen LogP contribution in [0.5, 0.6) is 0 Å². The first-order chi connectivity index (χ1) is 7.75. The molecule has 0 unspecified atom stereocenters. The van der Waals surface area contributed by atoms with E-state index in [-0.39, 0.29) is 15.4 Å². The maximum atomic E-state index is 12.8. The van der Waals surface area contributed by atoms with E-state index >= 15 is 0 Å². The molecule has 6 heteroatoms. The molecule has 1 saturated heterocycles. The highest BCUT2D eigenvalue weighted by atomic mass is 32.2. The third-order valence-electron chi connectivity index (χ3n) is 2.85. The van der Waals surface area contributed by atoms with Gasteiger partial charge in [-0.3, -0.25) is 9.88 Å². The topological polar surface area (TPSA) is 47.6 Å². The molecule has 0 aromatic carbocycles. The monoisotopic (exact) mass is 277 g/mol. The van der Waals surface area contributed by atoms with Crippen molar-refractivity contribution < 1.29 is 13.6 Å². The van der Waals surface area contributed by atoms with Crippen LogP contribution in [0.3, 0.4) is 0 Å². The highest BCUT2D eigenvalue weighted by Crippen LogP contribution is 2.63. The van der Waals surface area contributed by atoms with Crippen LogP contribution >= 0.6 is 19.4 Å². The molecule has 2 aliphatic heterocycles. The standard InChI is InChI=1S/C11H20NO3PS/c1-10(2)9(12-11(3,4)17-10)16(13)14-7-5-6-8-15-16/h5-6,9,12H,7-8H2,1-4H3/t9-/m1/s1. The van der Waals surface area contributed by atoms with Crippen LogP contribution in [0.1, 0.15) is 27.7 Å². The summed E-state index contributed by atoms with van der Waals surface area (Å²) in [6.07, 6.45) is 3.69. The molecule has 0 aromatic rings. The van der Waals surface area contributed by atoms with Crippen molar-refractivity contribution >= 4 is 19.4 Å². The molecule has 1 N–H and O–H groups in total. The van der Waals surface area contributed by atoms with Gasteiger partial charge in [0.1, 0.15) is 5.78 Å². The lowest BCUT2D eigenvalue weighted by Gasteiger charge is -2.30. The maximum absolute atomic E-state index is 12.8. The molecule has 0 radical (unpaired) electrons. The predicted octanol–water partition coefficient (Wildman–Crippen LogP) is 2.96. The summed E-state index contributed by atoms with van der Waals surface area (Å²) in [7, 11) is -3.10. The average molecular weight is 277 g/mol. The van der Waals surface area contributed by atoms with Gasteiger partial charge in [-0.1, -0.05) is 12.2 Å². The minimum atomic E-state index is -3.10. The van der Waals surface area contributed by atoms with E-state index < -0.39 is 7.60 Å². The molecule has 98 valence electrons. The summed E-state index contributed by atoms with van der Waals surface area (Å²) in [5.74, 6) is -0.269. The fraction of sp³-hybridized carbons (Fsp3) is 0.818. The van der Waals surface area contributed by atoms with Gasteiger partial charge >= 0.3 is 7.60 Å². The lowest BCUT2D eigenvalue weighted by Crippen LogP contribution is -2.41. The van der Waals surface area contributed by atoms with Crippen LogP contribution < -0.4 is 5.32 Å². The van der Waals surface area contributed by atoms with Crippen LogP contribution in [0, 0.1) is 0 Å². The molecule has 1 fully saturated rings. The second-order valence-electron chi connectivity index (χ2n) is 5.37. The van der Waals surface area contributed by atoms with Crippen molar-refractivity contribution in [3.63, 3.8) is 0 Å². The van der Waals surface area contributed by atoms with Crippen molar-refractivity contribution in [2.24, 2.45) is 0 Å². The lowest BCUT2D eigenvalue weighted by molar-refractivity contribution is 0.225. The summed E-state index contributed by atoms with van der Waals surface area (Å²) in [6, 6.07) is 0. The first-order valence-corrected chi connectivity index (χ1v) is 8.20. The molecule has 4 nitrogen and oxygen atoms in total. The van der Waals surface area contributed by atoms with Crippen LogP contribution in [-0.2, 0) is 13.6 Å². The number of hydrogen-bond acceptors (Lipinski definition) is 5. The Balaban J connectivity index is 2.24. The van der Waals surface area contributed by atoms with Crippen LogP contribution in [0.4, 0.5) is 0 Å². The van der Waals surface area contributed by atoms with E-state index in [1.807, 2.05) is 12.2 Å². The van der Waals surface area contributed by atoms with Crippen molar-refractivity contribution in [2.75, 3.05) is 13.2 Å². The fourth-order valence-corrected chi connectivity index (χ4v) is 6.82. The maximum Gasteiger partial charge on any atom is 0.349 e.